The van der Waals surface area contributed by atoms with E-state index in [1.807, 2.05) is 12.1 Å². The van der Waals surface area contributed by atoms with Gasteiger partial charge in [0.05, 0.1) is 54.2 Å². The number of likely N-dealkylation sites (tertiary alicyclic amines) is 1. The van der Waals surface area contributed by atoms with Gasteiger partial charge in [0, 0.05) is 36.3 Å². The summed E-state index contributed by atoms with van der Waals surface area (Å²) in [6.45, 7) is 6.77. The van der Waals surface area contributed by atoms with E-state index in [0.717, 1.165) is 23.5 Å². The molecule has 41 heavy (non-hydrogen) atoms. The van der Waals surface area contributed by atoms with Crippen molar-refractivity contribution in [1.82, 2.24) is 4.90 Å². The van der Waals surface area contributed by atoms with Crippen molar-refractivity contribution in [2.45, 2.75) is 18.6 Å². The molecule has 0 spiro atoms. The Bertz CT molecular complexity index is 1510. The predicted octanol–water partition coefficient (Wildman–Crippen LogP) is 5.71. The molecule has 2 aliphatic heterocycles. The lowest BCUT2D eigenvalue weighted by molar-refractivity contribution is -0.126. The highest BCUT2D eigenvalue weighted by Gasteiger charge is 2.39. The van der Waals surface area contributed by atoms with Crippen molar-refractivity contribution >= 4 is 45.2 Å². The summed E-state index contributed by atoms with van der Waals surface area (Å²) in [5, 5.41) is 8.16. The lowest BCUT2D eigenvalue weighted by Gasteiger charge is -2.46. The summed E-state index contributed by atoms with van der Waals surface area (Å²) in [4.78, 5) is 2.74. The first-order valence-corrected chi connectivity index (χ1v) is 16.9. The molecule has 3 aromatic rings. The first-order chi connectivity index (χ1) is 19.4. The smallest absolute Gasteiger partial charge is 0.393 e. The number of thiophene rings is 1. The molecule has 1 aromatic heterocycles. The third-order valence-electron chi connectivity index (χ3n) is 7.67. The van der Waals surface area contributed by atoms with Gasteiger partial charge in [-0.1, -0.05) is 24.0 Å². The van der Waals surface area contributed by atoms with Crippen molar-refractivity contribution in [3.8, 4) is 17.6 Å². The summed E-state index contributed by atoms with van der Waals surface area (Å²) in [6.07, 6.45) is -5.40. The second-order valence-electron chi connectivity index (χ2n) is 11.2. The molecule has 0 radical (unpaired) electrons. The number of ether oxygens (including phenoxy) is 2. The van der Waals surface area contributed by atoms with Crippen molar-refractivity contribution in [3.05, 3.63) is 46.8 Å². The molecule has 5 rings (SSSR count). The van der Waals surface area contributed by atoms with Crippen LogP contribution in [0.1, 0.15) is 10.4 Å². The van der Waals surface area contributed by atoms with Crippen molar-refractivity contribution in [1.29, 1.82) is 0 Å². The highest BCUT2D eigenvalue weighted by molar-refractivity contribution is 7.70. The maximum absolute atomic E-state index is 13.7. The lowest BCUT2D eigenvalue weighted by Crippen LogP contribution is -2.57. The Hall–Kier alpha value is -2.70. The Labute approximate surface area is 243 Å². The van der Waals surface area contributed by atoms with Crippen LogP contribution in [0.15, 0.2) is 36.4 Å². The zero-order valence-corrected chi connectivity index (χ0v) is 25.3. The fourth-order valence-corrected chi connectivity index (χ4v) is 7.80. The molecule has 2 bridgehead atoms. The van der Waals surface area contributed by atoms with E-state index >= 15 is 0 Å². The molecule has 0 amide bonds. The van der Waals surface area contributed by atoms with Crippen LogP contribution in [0.25, 0.3) is 10.1 Å². The molecular formula is C30H35F3N3O3PS. The minimum atomic E-state index is -4.36. The number of nitrogens with one attached hydrogen (secondary N) is 2. The monoisotopic (exact) mass is 605 g/mol. The van der Waals surface area contributed by atoms with Crippen LogP contribution in [0.3, 0.4) is 0 Å². The summed E-state index contributed by atoms with van der Waals surface area (Å²) in [6, 6.07) is 11.0. The van der Waals surface area contributed by atoms with E-state index in [4.69, 9.17) is 9.47 Å². The van der Waals surface area contributed by atoms with Gasteiger partial charge in [-0.2, -0.15) is 13.2 Å². The third-order valence-corrected chi connectivity index (χ3v) is 10.4. The first kappa shape index (κ1) is 29.8. The summed E-state index contributed by atoms with van der Waals surface area (Å²) in [5.41, 5.74) is 1.73. The molecule has 6 nitrogen and oxygen atoms in total. The SMILES string of the molecule is COc1cc(P(C)(C)=O)ccc1NCC#Cc1sc2c(NC3[C@@H]4COC[C@H]3CN(C)C4)cccc2c1CC(F)(F)F. The van der Waals surface area contributed by atoms with Gasteiger partial charge in [0.2, 0.25) is 0 Å². The van der Waals surface area contributed by atoms with Crippen LogP contribution in [-0.4, -0.2) is 77.5 Å². The molecule has 1 unspecified atom stereocenters. The van der Waals surface area contributed by atoms with Crippen LogP contribution in [0.5, 0.6) is 5.75 Å². The molecule has 0 aliphatic carbocycles. The Morgan fingerprint density at radius 1 is 1.15 bits per heavy atom. The highest BCUT2D eigenvalue weighted by atomic mass is 32.1. The van der Waals surface area contributed by atoms with Crippen molar-refractivity contribution in [2.75, 3.05) is 71.0 Å². The van der Waals surface area contributed by atoms with Gasteiger partial charge in [-0.3, -0.25) is 0 Å². The molecule has 2 N–H and O–H groups in total. The van der Waals surface area contributed by atoms with Crippen molar-refractivity contribution in [2.24, 2.45) is 11.8 Å². The predicted molar refractivity (Wildman–Crippen MR) is 162 cm³/mol. The van der Waals surface area contributed by atoms with Gasteiger partial charge in [0.25, 0.3) is 0 Å². The van der Waals surface area contributed by atoms with Gasteiger partial charge in [-0.15, -0.1) is 11.3 Å². The molecular weight excluding hydrogens is 570 g/mol. The number of anilines is 2. The molecule has 2 saturated heterocycles. The Morgan fingerprint density at radius 2 is 1.88 bits per heavy atom. The van der Waals surface area contributed by atoms with Gasteiger partial charge in [0.1, 0.15) is 12.9 Å². The van der Waals surface area contributed by atoms with Crippen molar-refractivity contribution < 1.29 is 27.2 Å². The number of rotatable bonds is 7. The number of fused-ring (bicyclic) bond motifs is 3. The molecule has 3 heterocycles. The van der Waals surface area contributed by atoms with Gasteiger partial charge < -0.3 is 29.6 Å². The van der Waals surface area contributed by atoms with Crippen LogP contribution in [0, 0.1) is 23.7 Å². The first-order valence-electron chi connectivity index (χ1n) is 13.5. The minimum Gasteiger partial charge on any atom is -0.495 e. The normalized spacial score (nSPS) is 21.3. The van der Waals surface area contributed by atoms with Gasteiger partial charge >= 0.3 is 6.18 Å². The molecule has 2 fully saturated rings. The summed E-state index contributed by atoms with van der Waals surface area (Å²) in [5.74, 6) is 7.18. The summed E-state index contributed by atoms with van der Waals surface area (Å²) < 4.78 is 65.5. The van der Waals surface area contributed by atoms with E-state index in [1.54, 1.807) is 37.6 Å². The van der Waals surface area contributed by atoms with Gasteiger partial charge in [-0.05, 0) is 55.6 Å². The Kier molecular flexibility index (Phi) is 8.63. The maximum atomic E-state index is 13.7. The number of nitrogens with zero attached hydrogens (tertiary/aromatic N) is 1. The van der Waals surface area contributed by atoms with Crippen LogP contribution in [0.2, 0.25) is 0 Å². The van der Waals surface area contributed by atoms with Crippen LogP contribution < -0.4 is 20.7 Å². The van der Waals surface area contributed by atoms with Crippen LogP contribution >= 0.6 is 18.5 Å². The largest absolute Gasteiger partial charge is 0.495 e. The molecule has 2 aliphatic rings. The second-order valence-corrected chi connectivity index (χ2v) is 15.5. The Balaban J connectivity index is 1.41. The number of piperidine rings is 1. The molecule has 220 valence electrons. The number of benzene rings is 2. The zero-order chi connectivity index (χ0) is 29.4. The standard InChI is InChI=1S/C30H35F3N3O3PS/c1-36-15-19-17-39-18-20(16-36)28(19)35-25-8-5-7-22-23(14-30(31,32)33)27(41-29(22)25)9-6-12-34-24-11-10-21(40(3,4)37)13-26(24)38-2/h5,7-8,10-11,13,19-20,28,34-35H,12,14-18H2,1-4H3/t19-,20+,28?. The van der Waals surface area contributed by atoms with Crippen LogP contribution in [0.4, 0.5) is 24.5 Å². The highest BCUT2D eigenvalue weighted by Crippen LogP contribution is 2.41. The second kappa shape index (κ2) is 11.9. The zero-order valence-electron chi connectivity index (χ0n) is 23.6. The minimum absolute atomic E-state index is 0.202. The van der Waals surface area contributed by atoms with Crippen LogP contribution in [-0.2, 0) is 15.7 Å². The number of halogens is 3. The fraction of sp³-hybridized carbons (Fsp3) is 0.467. The maximum Gasteiger partial charge on any atom is 0.393 e. The number of methoxy groups -OCH3 is 1. The summed E-state index contributed by atoms with van der Waals surface area (Å²) >= 11 is 1.31. The summed E-state index contributed by atoms with van der Waals surface area (Å²) in [7, 11) is 1.20. The molecule has 3 atom stereocenters. The Morgan fingerprint density at radius 3 is 2.54 bits per heavy atom. The molecule has 0 saturated carbocycles. The van der Waals surface area contributed by atoms with E-state index in [9.17, 15) is 17.7 Å². The average Bonchev–Trinajstić information content (AvgIpc) is 3.23. The van der Waals surface area contributed by atoms with E-state index in [2.05, 4.69) is 34.4 Å². The van der Waals surface area contributed by atoms with E-state index < -0.39 is 19.7 Å². The number of alkyl halides is 3. The van der Waals surface area contributed by atoms with Gasteiger partial charge in [-0.25, -0.2) is 0 Å². The van der Waals surface area contributed by atoms with E-state index in [0.29, 0.717) is 52.1 Å². The molecule has 2 aromatic carbocycles. The lowest BCUT2D eigenvalue weighted by atomic mass is 9.82. The topological polar surface area (TPSA) is 62.8 Å². The van der Waals surface area contributed by atoms with E-state index in [1.165, 1.54) is 18.4 Å². The van der Waals surface area contributed by atoms with E-state index in [-0.39, 0.29) is 18.2 Å². The molecule has 11 heteroatoms. The van der Waals surface area contributed by atoms with Gasteiger partial charge in [0.15, 0.2) is 0 Å². The fourth-order valence-electron chi connectivity index (χ4n) is 5.77. The average molecular weight is 606 g/mol. The third kappa shape index (κ3) is 6.86. The van der Waals surface area contributed by atoms with Crippen molar-refractivity contribution in [3.63, 3.8) is 0 Å². The number of hydrogen-bond acceptors (Lipinski definition) is 7. The quantitative estimate of drug-likeness (QED) is 0.266. The number of hydrogen-bond donors (Lipinski definition) is 2.